The highest BCUT2D eigenvalue weighted by atomic mass is 16.5. The lowest BCUT2D eigenvalue weighted by Gasteiger charge is -2.33. The van der Waals surface area contributed by atoms with Gasteiger partial charge in [0.05, 0.1) is 0 Å². The van der Waals surface area contributed by atoms with Gasteiger partial charge in [-0.2, -0.15) is 4.98 Å². The second-order valence-electron chi connectivity index (χ2n) is 8.30. The predicted octanol–water partition coefficient (Wildman–Crippen LogP) is 3.43. The minimum atomic E-state index is -0.233. The molecule has 2 N–H and O–H groups in total. The molecule has 3 heterocycles. The van der Waals surface area contributed by atoms with Crippen LogP contribution in [0.4, 0.5) is 10.5 Å². The first-order valence-corrected chi connectivity index (χ1v) is 11.2. The van der Waals surface area contributed by atoms with Crippen molar-refractivity contribution in [2.75, 3.05) is 25.0 Å². The number of nitrogens with one attached hydrogen (secondary N) is 2. The molecule has 0 aliphatic carbocycles. The lowest BCUT2D eigenvalue weighted by Crippen LogP contribution is -2.44. The van der Waals surface area contributed by atoms with E-state index in [2.05, 4.69) is 25.8 Å². The van der Waals surface area contributed by atoms with Gasteiger partial charge in [0.2, 0.25) is 17.6 Å². The summed E-state index contributed by atoms with van der Waals surface area (Å²) in [6, 6.07) is 11.0. The fraction of sp³-hybridized carbons (Fsp3) is 0.375. The highest BCUT2D eigenvalue weighted by molar-refractivity contribution is 5.89. The molecule has 172 valence electrons. The monoisotopic (exact) mass is 448 g/mol. The Labute approximate surface area is 192 Å². The Morgan fingerprint density at radius 3 is 2.73 bits per heavy atom. The zero-order chi connectivity index (χ0) is 23.0. The number of aromatic nitrogens is 3. The highest BCUT2D eigenvalue weighted by Gasteiger charge is 2.24. The molecule has 1 fully saturated rings. The van der Waals surface area contributed by atoms with Gasteiger partial charge in [-0.25, -0.2) is 4.79 Å². The number of carbonyl (C=O) groups is 2. The number of nitrogens with zero attached hydrogens (tertiary/aromatic N) is 4. The van der Waals surface area contributed by atoms with E-state index >= 15 is 0 Å². The molecular formula is C24H28N6O3. The molecule has 3 amide bonds. The molecule has 1 atom stereocenters. The Morgan fingerprint density at radius 2 is 1.94 bits per heavy atom. The van der Waals surface area contributed by atoms with Gasteiger partial charge in [0.1, 0.15) is 0 Å². The van der Waals surface area contributed by atoms with Gasteiger partial charge in [-0.15, -0.1) is 0 Å². The summed E-state index contributed by atoms with van der Waals surface area (Å²) >= 11 is 0. The maximum Gasteiger partial charge on any atom is 0.319 e. The minimum Gasteiger partial charge on any atom is -0.342 e. The molecule has 9 heteroatoms. The maximum absolute atomic E-state index is 12.7. The molecule has 1 aromatic carbocycles. The van der Waals surface area contributed by atoms with Crippen LogP contribution in [0.15, 0.2) is 53.3 Å². The highest BCUT2D eigenvalue weighted by Crippen LogP contribution is 2.18. The van der Waals surface area contributed by atoms with E-state index in [4.69, 9.17) is 4.52 Å². The molecule has 1 aliphatic rings. The molecule has 1 aliphatic heterocycles. The first-order chi connectivity index (χ1) is 16.1. The smallest absolute Gasteiger partial charge is 0.319 e. The van der Waals surface area contributed by atoms with E-state index in [-0.39, 0.29) is 17.9 Å². The van der Waals surface area contributed by atoms with Gasteiger partial charge in [-0.1, -0.05) is 22.9 Å². The van der Waals surface area contributed by atoms with Gasteiger partial charge < -0.3 is 20.1 Å². The summed E-state index contributed by atoms with van der Waals surface area (Å²) in [6.07, 6.45) is 5.95. The summed E-state index contributed by atoms with van der Waals surface area (Å²) in [6.45, 7) is 3.90. The summed E-state index contributed by atoms with van der Waals surface area (Å²) in [7, 11) is 0. The van der Waals surface area contributed by atoms with E-state index < -0.39 is 0 Å². The number of pyridine rings is 1. The van der Waals surface area contributed by atoms with Gasteiger partial charge in [-0.3, -0.25) is 9.78 Å². The first kappa shape index (κ1) is 22.4. The molecule has 1 saturated heterocycles. The average molecular weight is 449 g/mol. The Bertz CT molecular complexity index is 1070. The van der Waals surface area contributed by atoms with Crippen molar-refractivity contribution in [1.29, 1.82) is 0 Å². The fourth-order valence-electron chi connectivity index (χ4n) is 3.85. The molecule has 0 radical (unpaired) electrons. The summed E-state index contributed by atoms with van der Waals surface area (Å²) < 4.78 is 5.29. The largest absolute Gasteiger partial charge is 0.342 e. The number of likely N-dealkylation sites (tertiary alicyclic amines) is 1. The van der Waals surface area contributed by atoms with Crippen molar-refractivity contribution in [2.45, 2.75) is 32.6 Å². The van der Waals surface area contributed by atoms with E-state index in [1.165, 1.54) is 0 Å². The number of hydrogen-bond donors (Lipinski definition) is 2. The predicted molar refractivity (Wildman–Crippen MR) is 123 cm³/mol. The molecule has 33 heavy (non-hydrogen) atoms. The van der Waals surface area contributed by atoms with E-state index in [0.717, 1.165) is 36.2 Å². The molecule has 0 spiro atoms. The van der Waals surface area contributed by atoms with E-state index in [9.17, 15) is 9.59 Å². The average Bonchev–Trinajstić information content (AvgIpc) is 3.33. The van der Waals surface area contributed by atoms with Crippen LogP contribution in [0.5, 0.6) is 0 Å². The topological polar surface area (TPSA) is 113 Å². The van der Waals surface area contributed by atoms with Crippen molar-refractivity contribution in [3.63, 3.8) is 0 Å². The van der Waals surface area contributed by atoms with Crippen LogP contribution in [0.25, 0.3) is 11.4 Å². The number of carbonyl (C=O) groups excluding carboxylic acids is 2. The van der Waals surface area contributed by atoms with Gasteiger partial charge in [0.25, 0.3) is 0 Å². The zero-order valence-electron chi connectivity index (χ0n) is 18.7. The SMILES string of the molecule is Cc1ccc(NC(=O)NCC2CCCN(C(=O)CCc3nc(-c4ccncc4)no3)C2)cc1. The Kier molecular flexibility index (Phi) is 7.29. The number of amides is 3. The molecule has 3 aromatic rings. The number of benzene rings is 1. The molecule has 0 saturated carbocycles. The quantitative estimate of drug-likeness (QED) is 0.572. The second kappa shape index (κ2) is 10.7. The maximum atomic E-state index is 12.7. The summed E-state index contributed by atoms with van der Waals surface area (Å²) in [4.78, 5) is 35.1. The van der Waals surface area contributed by atoms with Crippen LogP contribution in [0.1, 0.15) is 30.7 Å². The molecule has 0 bridgehead atoms. The van der Waals surface area contributed by atoms with Crippen molar-refractivity contribution in [1.82, 2.24) is 25.3 Å². The number of hydrogen-bond acceptors (Lipinski definition) is 6. The van der Waals surface area contributed by atoms with Crippen LogP contribution in [0, 0.1) is 12.8 Å². The Hall–Kier alpha value is -3.75. The normalized spacial score (nSPS) is 15.8. The summed E-state index contributed by atoms with van der Waals surface area (Å²) in [5.41, 5.74) is 2.72. The molecule has 2 aromatic heterocycles. The van der Waals surface area contributed by atoms with Crippen molar-refractivity contribution in [2.24, 2.45) is 5.92 Å². The van der Waals surface area contributed by atoms with Gasteiger partial charge in [-0.05, 0) is 49.9 Å². The van der Waals surface area contributed by atoms with Gasteiger partial charge in [0.15, 0.2) is 0 Å². The number of piperidine rings is 1. The van der Waals surface area contributed by atoms with Gasteiger partial charge in [0, 0.05) is 56.1 Å². The van der Waals surface area contributed by atoms with E-state index in [1.807, 2.05) is 48.2 Å². The Morgan fingerprint density at radius 1 is 1.15 bits per heavy atom. The number of aryl methyl sites for hydroxylation is 2. The van der Waals surface area contributed by atoms with E-state index in [0.29, 0.717) is 37.6 Å². The van der Waals surface area contributed by atoms with Crippen molar-refractivity contribution in [3.05, 3.63) is 60.2 Å². The summed E-state index contributed by atoms with van der Waals surface area (Å²) in [5.74, 6) is 1.23. The first-order valence-electron chi connectivity index (χ1n) is 11.2. The summed E-state index contributed by atoms with van der Waals surface area (Å²) in [5, 5.41) is 9.74. The lowest BCUT2D eigenvalue weighted by molar-refractivity contribution is -0.133. The van der Waals surface area contributed by atoms with Crippen LogP contribution in [0.2, 0.25) is 0 Å². The molecular weight excluding hydrogens is 420 g/mol. The number of anilines is 1. The Balaban J connectivity index is 1.21. The van der Waals surface area contributed by atoms with E-state index in [1.54, 1.807) is 12.4 Å². The number of urea groups is 1. The van der Waals surface area contributed by atoms with Crippen LogP contribution >= 0.6 is 0 Å². The second-order valence-corrected chi connectivity index (χ2v) is 8.30. The van der Waals surface area contributed by atoms with Crippen LogP contribution in [-0.4, -0.2) is 51.6 Å². The number of rotatable bonds is 7. The van der Waals surface area contributed by atoms with Crippen molar-refractivity contribution >= 4 is 17.6 Å². The van der Waals surface area contributed by atoms with Gasteiger partial charge >= 0.3 is 6.03 Å². The third-order valence-corrected chi connectivity index (χ3v) is 5.69. The fourth-order valence-corrected chi connectivity index (χ4v) is 3.85. The third kappa shape index (κ3) is 6.38. The zero-order valence-corrected chi connectivity index (χ0v) is 18.7. The van der Waals surface area contributed by atoms with Crippen LogP contribution < -0.4 is 10.6 Å². The molecule has 9 nitrogen and oxygen atoms in total. The third-order valence-electron chi connectivity index (χ3n) is 5.69. The molecule has 4 rings (SSSR count). The van der Waals surface area contributed by atoms with Crippen molar-refractivity contribution < 1.29 is 14.1 Å². The minimum absolute atomic E-state index is 0.0625. The molecule has 1 unspecified atom stereocenters. The van der Waals surface area contributed by atoms with Crippen LogP contribution in [0.3, 0.4) is 0 Å². The van der Waals surface area contributed by atoms with Crippen LogP contribution in [-0.2, 0) is 11.2 Å². The standard InChI is InChI=1S/C24H28N6O3/c1-17-4-6-20(7-5-17)27-24(32)26-15-18-3-2-14-30(16-18)22(31)9-8-21-28-23(29-33-21)19-10-12-25-13-11-19/h4-7,10-13,18H,2-3,8-9,14-16H2,1H3,(H2,26,27,32). The lowest BCUT2D eigenvalue weighted by atomic mass is 9.97. The van der Waals surface area contributed by atoms with Crippen molar-refractivity contribution in [3.8, 4) is 11.4 Å².